The van der Waals surface area contributed by atoms with E-state index in [1.54, 1.807) is 4.57 Å². The molecule has 0 bridgehead atoms. The van der Waals surface area contributed by atoms with Crippen molar-refractivity contribution >= 4 is 10.9 Å². The van der Waals surface area contributed by atoms with Gasteiger partial charge in [-0.3, -0.25) is 9.36 Å². The first-order valence-electron chi connectivity index (χ1n) is 7.79. The summed E-state index contributed by atoms with van der Waals surface area (Å²) < 4.78 is 1.72. The Balaban J connectivity index is 2.39. The molecule has 4 heteroatoms. The maximum absolute atomic E-state index is 13.1. The Morgan fingerprint density at radius 2 is 1.83 bits per heavy atom. The molecule has 0 saturated heterocycles. The van der Waals surface area contributed by atoms with Crippen LogP contribution in [0.2, 0.25) is 0 Å². The van der Waals surface area contributed by atoms with Gasteiger partial charge in [0.1, 0.15) is 5.82 Å². The minimum atomic E-state index is -0.0334. The average molecular weight is 307 g/mol. The molecule has 0 radical (unpaired) electrons. The number of aromatic nitrogens is 2. The number of hydrogen-bond donors (Lipinski definition) is 1. The van der Waals surface area contributed by atoms with Crippen LogP contribution >= 0.6 is 0 Å². The summed E-state index contributed by atoms with van der Waals surface area (Å²) in [5.41, 5.74) is 3.92. The van der Waals surface area contributed by atoms with Gasteiger partial charge in [0.15, 0.2) is 0 Å². The Labute approximate surface area is 135 Å². The third-order valence-corrected chi connectivity index (χ3v) is 4.37. The molecule has 1 N–H and O–H groups in total. The predicted molar refractivity (Wildman–Crippen MR) is 94.3 cm³/mol. The summed E-state index contributed by atoms with van der Waals surface area (Å²) >= 11 is 0. The molecule has 0 fully saturated rings. The van der Waals surface area contributed by atoms with Crippen LogP contribution in [0.3, 0.4) is 0 Å². The molecule has 3 rings (SSSR count). The lowest BCUT2D eigenvalue weighted by Crippen LogP contribution is -2.28. The molecule has 118 valence electrons. The van der Waals surface area contributed by atoms with Crippen molar-refractivity contribution in [2.24, 2.45) is 0 Å². The number of fused-ring (bicyclic) bond motifs is 1. The van der Waals surface area contributed by atoms with Crippen LogP contribution in [0.4, 0.5) is 0 Å². The van der Waals surface area contributed by atoms with E-state index in [4.69, 9.17) is 4.98 Å². The summed E-state index contributed by atoms with van der Waals surface area (Å²) in [6, 6.07) is 13.5. The molecule has 0 saturated carbocycles. The van der Waals surface area contributed by atoms with Crippen LogP contribution in [0.1, 0.15) is 29.9 Å². The smallest absolute Gasteiger partial charge is 0.266 e. The van der Waals surface area contributed by atoms with E-state index in [1.807, 2.05) is 56.4 Å². The third-order valence-electron chi connectivity index (χ3n) is 4.37. The number of aryl methyl sites for hydroxylation is 2. The summed E-state index contributed by atoms with van der Waals surface area (Å²) in [4.78, 5) is 17.8. The molecule has 1 heterocycles. The highest BCUT2D eigenvalue weighted by Gasteiger charge is 2.16. The Morgan fingerprint density at radius 3 is 2.52 bits per heavy atom. The largest absolute Gasteiger partial charge is 0.311 e. The molecule has 0 amide bonds. The van der Waals surface area contributed by atoms with Crippen LogP contribution in [0.5, 0.6) is 0 Å². The first-order valence-corrected chi connectivity index (χ1v) is 7.79. The molecule has 4 nitrogen and oxygen atoms in total. The van der Waals surface area contributed by atoms with Gasteiger partial charge < -0.3 is 5.32 Å². The first-order chi connectivity index (χ1) is 11.0. The van der Waals surface area contributed by atoms with E-state index in [0.29, 0.717) is 5.39 Å². The number of benzene rings is 2. The van der Waals surface area contributed by atoms with E-state index in [1.165, 1.54) is 5.56 Å². The number of para-hydroxylation sites is 1. The van der Waals surface area contributed by atoms with E-state index in [2.05, 4.69) is 19.2 Å². The molecule has 3 aromatic rings. The van der Waals surface area contributed by atoms with Gasteiger partial charge in [0.25, 0.3) is 5.56 Å². The van der Waals surface area contributed by atoms with Crippen LogP contribution < -0.4 is 10.9 Å². The first kappa shape index (κ1) is 15.4. The standard InChI is InChI=1S/C19H21N3O/c1-12-9-10-15(11-13(12)2)22-18(14(3)20-4)21-17-8-6-5-7-16(17)19(22)23/h5-11,14,20H,1-4H3/t14-/m0/s1. The fourth-order valence-electron chi connectivity index (χ4n) is 2.68. The van der Waals surface area contributed by atoms with Crippen molar-refractivity contribution in [3.05, 3.63) is 69.8 Å². The highest BCUT2D eigenvalue weighted by molar-refractivity contribution is 5.77. The second-order valence-electron chi connectivity index (χ2n) is 5.91. The van der Waals surface area contributed by atoms with Crippen molar-refractivity contribution in [3.63, 3.8) is 0 Å². The molecule has 0 aliphatic heterocycles. The van der Waals surface area contributed by atoms with Gasteiger partial charge in [-0.1, -0.05) is 18.2 Å². The molecule has 2 aromatic carbocycles. The zero-order valence-electron chi connectivity index (χ0n) is 13.9. The lowest BCUT2D eigenvalue weighted by molar-refractivity contribution is 0.589. The Morgan fingerprint density at radius 1 is 1.09 bits per heavy atom. The molecule has 0 aliphatic rings. The Kier molecular flexibility index (Phi) is 4.01. The molecule has 1 atom stereocenters. The van der Waals surface area contributed by atoms with Crippen LogP contribution in [0, 0.1) is 13.8 Å². The van der Waals surface area contributed by atoms with Gasteiger partial charge in [0.2, 0.25) is 0 Å². The van der Waals surface area contributed by atoms with Crippen molar-refractivity contribution in [1.29, 1.82) is 0 Å². The third kappa shape index (κ3) is 2.66. The van der Waals surface area contributed by atoms with E-state index in [0.717, 1.165) is 22.6 Å². The van der Waals surface area contributed by atoms with Crippen molar-refractivity contribution in [3.8, 4) is 5.69 Å². The summed E-state index contributed by atoms with van der Waals surface area (Å²) in [5, 5.41) is 3.82. The second-order valence-corrected chi connectivity index (χ2v) is 5.91. The van der Waals surface area contributed by atoms with Crippen LogP contribution in [-0.4, -0.2) is 16.6 Å². The summed E-state index contributed by atoms with van der Waals surface area (Å²) in [5.74, 6) is 0.722. The summed E-state index contributed by atoms with van der Waals surface area (Å²) in [7, 11) is 1.87. The molecule has 0 spiro atoms. The zero-order valence-corrected chi connectivity index (χ0v) is 13.9. The van der Waals surface area contributed by atoms with Crippen molar-refractivity contribution in [1.82, 2.24) is 14.9 Å². The molecule has 0 unspecified atom stereocenters. The normalized spacial score (nSPS) is 12.5. The second kappa shape index (κ2) is 5.97. The van der Waals surface area contributed by atoms with Gasteiger partial charge in [-0.05, 0) is 63.2 Å². The zero-order chi connectivity index (χ0) is 16.6. The van der Waals surface area contributed by atoms with Gasteiger partial charge >= 0.3 is 0 Å². The monoisotopic (exact) mass is 307 g/mol. The van der Waals surface area contributed by atoms with Crippen molar-refractivity contribution < 1.29 is 0 Å². The lowest BCUT2D eigenvalue weighted by atomic mass is 10.1. The Hall–Kier alpha value is -2.46. The summed E-state index contributed by atoms with van der Waals surface area (Å²) in [6.45, 7) is 6.13. The minimum Gasteiger partial charge on any atom is -0.311 e. The van der Waals surface area contributed by atoms with E-state index in [9.17, 15) is 4.79 Å². The topological polar surface area (TPSA) is 46.9 Å². The maximum Gasteiger partial charge on any atom is 0.266 e. The number of nitrogens with one attached hydrogen (secondary N) is 1. The maximum atomic E-state index is 13.1. The van der Waals surface area contributed by atoms with E-state index < -0.39 is 0 Å². The quantitative estimate of drug-likeness (QED) is 0.808. The van der Waals surface area contributed by atoms with Crippen LogP contribution in [-0.2, 0) is 0 Å². The van der Waals surface area contributed by atoms with Gasteiger partial charge in [0.05, 0.1) is 22.6 Å². The highest BCUT2D eigenvalue weighted by Crippen LogP contribution is 2.19. The van der Waals surface area contributed by atoms with Gasteiger partial charge in [-0.25, -0.2) is 4.98 Å². The molecule has 1 aromatic heterocycles. The van der Waals surface area contributed by atoms with Crippen molar-refractivity contribution in [2.75, 3.05) is 7.05 Å². The molecule has 23 heavy (non-hydrogen) atoms. The molecular formula is C19H21N3O. The highest BCUT2D eigenvalue weighted by atomic mass is 16.1. The van der Waals surface area contributed by atoms with E-state index in [-0.39, 0.29) is 11.6 Å². The average Bonchev–Trinajstić information content (AvgIpc) is 2.57. The number of rotatable bonds is 3. The number of hydrogen-bond acceptors (Lipinski definition) is 3. The van der Waals surface area contributed by atoms with Gasteiger partial charge in [-0.2, -0.15) is 0 Å². The Bertz CT molecular complexity index is 928. The molecule has 0 aliphatic carbocycles. The van der Waals surface area contributed by atoms with Crippen LogP contribution in [0.25, 0.3) is 16.6 Å². The SMILES string of the molecule is CN[C@@H](C)c1nc2ccccc2c(=O)n1-c1ccc(C)c(C)c1. The molecular weight excluding hydrogens is 286 g/mol. The van der Waals surface area contributed by atoms with E-state index >= 15 is 0 Å². The van der Waals surface area contributed by atoms with Gasteiger partial charge in [0, 0.05) is 0 Å². The summed E-state index contributed by atoms with van der Waals surface area (Å²) in [6.07, 6.45) is 0. The fourth-order valence-corrected chi connectivity index (χ4v) is 2.68. The van der Waals surface area contributed by atoms with Gasteiger partial charge in [-0.15, -0.1) is 0 Å². The fraction of sp³-hybridized carbons (Fsp3) is 0.263. The minimum absolute atomic E-state index is 0.0315. The van der Waals surface area contributed by atoms with Crippen LogP contribution in [0.15, 0.2) is 47.3 Å². The lowest BCUT2D eigenvalue weighted by Gasteiger charge is -2.18. The predicted octanol–water partition coefficient (Wildman–Crippen LogP) is 3.28. The van der Waals surface area contributed by atoms with Crippen molar-refractivity contribution in [2.45, 2.75) is 26.8 Å². The number of nitrogens with zero attached hydrogens (tertiary/aromatic N) is 2.